The highest BCUT2D eigenvalue weighted by atomic mass is 35.5. The van der Waals surface area contributed by atoms with Crippen molar-refractivity contribution in [1.82, 2.24) is 9.80 Å². The Morgan fingerprint density at radius 3 is 2.69 bits per heavy atom. The Balaban J connectivity index is 1.23. The highest BCUT2D eigenvalue weighted by Gasteiger charge is 2.34. The number of rotatable bonds is 7. The number of hydrogen-bond donors (Lipinski definition) is 0. The lowest BCUT2D eigenvalue weighted by Crippen LogP contribution is -2.44. The number of ether oxygens (including phenoxy) is 2. The van der Waals surface area contributed by atoms with E-state index < -0.39 is 0 Å². The predicted molar refractivity (Wildman–Crippen MR) is 114 cm³/mol. The molecule has 2 heterocycles. The van der Waals surface area contributed by atoms with Gasteiger partial charge in [-0.05, 0) is 69.2 Å². The normalized spacial score (nSPS) is 25.6. The number of nitrogens with zero attached hydrogens (tertiary/aromatic N) is 2. The van der Waals surface area contributed by atoms with Gasteiger partial charge in [0.25, 0.3) is 0 Å². The first kappa shape index (κ1) is 21.0. The Kier molecular flexibility index (Phi) is 6.99. The minimum Gasteiger partial charge on any atom is -0.489 e. The fourth-order valence-corrected chi connectivity index (χ4v) is 5.01. The maximum absolute atomic E-state index is 12.6. The second-order valence-electron chi connectivity index (χ2n) is 8.90. The zero-order chi connectivity index (χ0) is 20.2. The minimum atomic E-state index is 0.137. The molecule has 0 N–H and O–H groups in total. The molecule has 29 heavy (non-hydrogen) atoms. The van der Waals surface area contributed by atoms with E-state index in [4.69, 9.17) is 21.1 Å². The quantitative estimate of drug-likeness (QED) is 0.669. The van der Waals surface area contributed by atoms with Crippen molar-refractivity contribution >= 4 is 17.5 Å². The fourth-order valence-electron chi connectivity index (χ4n) is 4.78. The van der Waals surface area contributed by atoms with E-state index in [1.807, 2.05) is 24.1 Å². The minimum absolute atomic E-state index is 0.137. The van der Waals surface area contributed by atoms with E-state index in [0.29, 0.717) is 19.1 Å². The van der Waals surface area contributed by atoms with Crippen LogP contribution in [0.2, 0.25) is 5.02 Å². The van der Waals surface area contributed by atoms with E-state index in [1.165, 1.54) is 12.8 Å². The van der Waals surface area contributed by atoms with Crippen molar-refractivity contribution in [3.63, 3.8) is 0 Å². The van der Waals surface area contributed by atoms with E-state index >= 15 is 0 Å². The van der Waals surface area contributed by atoms with E-state index in [-0.39, 0.29) is 17.9 Å². The molecule has 4 rings (SSSR count). The van der Waals surface area contributed by atoms with Crippen LogP contribution in [-0.2, 0) is 16.1 Å². The molecule has 160 valence electrons. The number of benzene rings is 1. The number of likely N-dealkylation sites (tertiary alicyclic amines) is 1. The monoisotopic (exact) mass is 420 g/mol. The average molecular weight is 421 g/mol. The third kappa shape index (κ3) is 5.25. The molecule has 5 nitrogen and oxygen atoms in total. The Labute approximate surface area is 179 Å². The molecule has 1 saturated carbocycles. The van der Waals surface area contributed by atoms with Gasteiger partial charge in [-0.2, -0.15) is 0 Å². The maximum Gasteiger partial charge on any atom is 0.225 e. The molecule has 0 radical (unpaired) electrons. The van der Waals surface area contributed by atoms with E-state index in [9.17, 15) is 4.79 Å². The van der Waals surface area contributed by atoms with Crippen LogP contribution in [-0.4, -0.2) is 61.7 Å². The first-order valence-electron chi connectivity index (χ1n) is 11.1. The number of hydrogen-bond acceptors (Lipinski definition) is 4. The first-order valence-corrected chi connectivity index (χ1v) is 11.5. The first-order chi connectivity index (χ1) is 14.1. The summed E-state index contributed by atoms with van der Waals surface area (Å²) in [7, 11) is 1.94. The number of halogens is 1. The summed E-state index contributed by atoms with van der Waals surface area (Å²) in [5.74, 6) is 1.73. The Bertz CT molecular complexity index is 695. The van der Waals surface area contributed by atoms with Gasteiger partial charge >= 0.3 is 0 Å². The van der Waals surface area contributed by atoms with Gasteiger partial charge in [0, 0.05) is 39.3 Å². The molecule has 1 aromatic carbocycles. The van der Waals surface area contributed by atoms with Gasteiger partial charge in [-0.3, -0.25) is 9.69 Å². The molecular weight excluding hydrogens is 388 g/mol. The highest BCUT2D eigenvalue weighted by Crippen LogP contribution is 2.36. The lowest BCUT2D eigenvalue weighted by molar-refractivity contribution is -0.138. The fraction of sp³-hybridized carbons (Fsp3) is 0.696. The molecule has 1 amide bonds. The summed E-state index contributed by atoms with van der Waals surface area (Å²) < 4.78 is 11.6. The van der Waals surface area contributed by atoms with Crippen LogP contribution in [0.4, 0.5) is 0 Å². The summed E-state index contributed by atoms with van der Waals surface area (Å²) in [5.41, 5.74) is 1.16. The molecule has 3 aliphatic rings. The number of carbonyl (C=O) groups is 1. The molecule has 6 heteroatoms. The Morgan fingerprint density at radius 1 is 1.24 bits per heavy atom. The molecule has 2 saturated heterocycles. The predicted octanol–water partition coefficient (Wildman–Crippen LogP) is 3.98. The van der Waals surface area contributed by atoms with Crippen LogP contribution >= 0.6 is 11.6 Å². The number of carbonyl (C=O) groups excluding carboxylic acids is 1. The summed E-state index contributed by atoms with van der Waals surface area (Å²) >= 11 is 6.65. The van der Waals surface area contributed by atoms with Gasteiger partial charge in [-0.25, -0.2) is 0 Å². The topological polar surface area (TPSA) is 42.0 Å². The van der Waals surface area contributed by atoms with Gasteiger partial charge in [0.2, 0.25) is 5.91 Å². The van der Waals surface area contributed by atoms with Gasteiger partial charge in [0.1, 0.15) is 5.75 Å². The van der Waals surface area contributed by atoms with Crippen LogP contribution in [0.3, 0.4) is 0 Å². The van der Waals surface area contributed by atoms with Crippen LogP contribution in [0.5, 0.6) is 5.75 Å². The number of amides is 1. The molecule has 0 unspecified atom stereocenters. The van der Waals surface area contributed by atoms with Gasteiger partial charge in [0.15, 0.2) is 0 Å². The second kappa shape index (κ2) is 9.67. The van der Waals surface area contributed by atoms with Crippen molar-refractivity contribution in [3.05, 3.63) is 28.8 Å². The summed E-state index contributed by atoms with van der Waals surface area (Å²) in [6, 6.07) is 6.13. The van der Waals surface area contributed by atoms with Crippen LogP contribution in [0.1, 0.15) is 44.1 Å². The van der Waals surface area contributed by atoms with Crippen molar-refractivity contribution in [2.75, 3.05) is 39.9 Å². The van der Waals surface area contributed by atoms with E-state index in [1.54, 1.807) is 0 Å². The molecule has 2 aliphatic heterocycles. The van der Waals surface area contributed by atoms with Gasteiger partial charge in [-0.1, -0.05) is 23.7 Å². The van der Waals surface area contributed by atoms with Crippen molar-refractivity contribution in [2.24, 2.45) is 11.8 Å². The Morgan fingerprint density at radius 2 is 1.97 bits per heavy atom. The second-order valence-corrected chi connectivity index (χ2v) is 9.27. The highest BCUT2D eigenvalue weighted by molar-refractivity contribution is 6.32. The van der Waals surface area contributed by atoms with Crippen molar-refractivity contribution in [3.8, 4) is 5.75 Å². The van der Waals surface area contributed by atoms with Gasteiger partial charge in [-0.15, -0.1) is 0 Å². The zero-order valence-corrected chi connectivity index (χ0v) is 18.2. The lowest BCUT2D eigenvalue weighted by Gasteiger charge is -2.38. The largest absolute Gasteiger partial charge is 0.489 e. The summed E-state index contributed by atoms with van der Waals surface area (Å²) in [6.07, 6.45) is 6.44. The van der Waals surface area contributed by atoms with Crippen LogP contribution in [0, 0.1) is 11.8 Å². The maximum atomic E-state index is 12.6. The van der Waals surface area contributed by atoms with Crippen LogP contribution in [0.15, 0.2) is 18.2 Å². The van der Waals surface area contributed by atoms with Gasteiger partial charge < -0.3 is 14.4 Å². The molecule has 0 bridgehead atoms. The van der Waals surface area contributed by atoms with Crippen molar-refractivity contribution < 1.29 is 14.3 Å². The smallest absolute Gasteiger partial charge is 0.225 e. The van der Waals surface area contributed by atoms with Crippen molar-refractivity contribution in [1.29, 1.82) is 0 Å². The summed E-state index contributed by atoms with van der Waals surface area (Å²) in [4.78, 5) is 17.0. The molecular formula is C23H33ClN2O3. The van der Waals surface area contributed by atoms with E-state index in [0.717, 1.165) is 68.2 Å². The van der Waals surface area contributed by atoms with Gasteiger partial charge in [0.05, 0.1) is 11.1 Å². The molecule has 1 aromatic rings. The molecule has 3 fully saturated rings. The van der Waals surface area contributed by atoms with Crippen molar-refractivity contribution in [2.45, 2.75) is 51.2 Å². The standard InChI is InChI=1S/C23H33ClN2O3/c1-25(23(27)18-7-11-28-12-8-18)15-17-13-20(14-17)29-21-6-4-5-19(22(21)24)16-26-9-2-3-10-26/h4-6,17-18,20H,2-3,7-16H2,1H3. The molecule has 1 aliphatic carbocycles. The zero-order valence-electron chi connectivity index (χ0n) is 17.4. The summed E-state index contributed by atoms with van der Waals surface area (Å²) in [5, 5.41) is 0.759. The molecule has 0 atom stereocenters. The van der Waals surface area contributed by atoms with Crippen LogP contribution in [0.25, 0.3) is 0 Å². The lowest BCUT2D eigenvalue weighted by atomic mass is 9.81. The Hall–Kier alpha value is -1.30. The van der Waals surface area contributed by atoms with E-state index in [2.05, 4.69) is 11.0 Å². The summed E-state index contributed by atoms with van der Waals surface area (Å²) in [6.45, 7) is 5.46. The average Bonchev–Trinajstić information content (AvgIpc) is 3.22. The molecule has 0 spiro atoms. The SMILES string of the molecule is CN(CC1CC(Oc2cccc(CN3CCCC3)c2Cl)C1)C(=O)C1CCOCC1. The molecule has 0 aromatic heterocycles. The third-order valence-electron chi connectivity index (χ3n) is 6.60. The third-order valence-corrected chi connectivity index (χ3v) is 7.03. The van der Waals surface area contributed by atoms with Crippen LogP contribution < -0.4 is 4.74 Å².